The molecule has 1 fully saturated rings. The second-order valence-electron chi connectivity index (χ2n) is 3.91. The largest absolute Gasteiger partial charge is 0.300 e. The molecule has 0 aromatic carbocycles. The van der Waals surface area contributed by atoms with Gasteiger partial charge in [0, 0.05) is 11.3 Å². The van der Waals surface area contributed by atoms with Gasteiger partial charge >= 0.3 is 0 Å². The minimum absolute atomic E-state index is 0.103. The number of hydrogen-bond donors (Lipinski definition) is 1. The second kappa shape index (κ2) is 4.21. The Labute approximate surface area is 101 Å². The molecule has 0 aliphatic heterocycles. The first kappa shape index (κ1) is 10.3. The Kier molecular flexibility index (Phi) is 2.56. The topological polar surface area (TPSA) is 85.6 Å². The van der Waals surface area contributed by atoms with Crippen molar-refractivity contribution in [2.75, 3.05) is 5.32 Å². The van der Waals surface area contributed by atoms with Crippen LogP contribution in [0.2, 0.25) is 0 Å². The van der Waals surface area contributed by atoms with Crippen molar-refractivity contribution in [2.45, 2.75) is 25.3 Å². The number of nitrogens with one attached hydrogen (secondary N) is 1. The molecule has 3 rings (SSSR count). The maximum atomic E-state index is 11.6. The van der Waals surface area contributed by atoms with Gasteiger partial charge in [0.05, 0.1) is 5.69 Å². The van der Waals surface area contributed by atoms with Crippen LogP contribution in [-0.4, -0.2) is 31.1 Å². The number of tetrazole rings is 1. The molecule has 0 radical (unpaired) electrons. The lowest BCUT2D eigenvalue weighted by Gasteiger charge is -1.99. The van der Waals surface area contributed by atoms with E-state index in [0.29, 0.717) is 11.0 Å². The van der Waals surface area contributed by atoms with E-state index in [1.807, 2.05) is 5.38 Å². The number of aromatic nitrogens is 5. The number of nitrogens with zero attached hydrogens (tertiary/aromatic N) is 5. The Morgan fingerprint density at radius 3 is 3.18 bits per heavy atom. The van der Waals surface area contributed by atoms with Gasteiger partial charge in [-0.1, -0.05) is 0 Å². The van der Waals surface area contributed by atoms with Crippen LogP contribution in [0, 0.1) is 0 Å². The van der Waals surface area contributed by atoms with E-state index in [0.717, 1.165) is 5.69 Å². The van der Waals surface area contributed by atoms with E-state index in [1.165, 1.54) is 35.2 Å². The molecule has 88 valence electrons. The molecule has 0 saturated heterocycles. The molecule has 1 aliphatic carbocycles. The number of thiazole rings is 1. The Morgan fingerprint density at radius 1 is 1.59 bits per heavy atom. The third kappa shape index (κ3) is 2.47. The summed E-state index contributed by atoms with van der Waals surface area (Å²) in [5, 5.41) is 15.9. The van der Waals surface area contributed by atoms with Gasteiger partial charge in [-0.05, 0) is 23.3 Å². The third-order valence-electron chi connectivity index (χ3n) is 2.46. The maximum Gasteiger partial charge on any atom is 0.248 e. The van der Waals surface area contributed by atoms with Crippen molar-refractivity contribution in [3.05, 3.63) is 17.4 Å². The Balaban J connectivity index is 1.59. The zero-order chi connectivity index (χ0) is 11.7. The number of anilines is 1. The minimum Gasteiger partial charge on any atom is -0.300 e. The summed E-state index contributed by atoms with van der Waals surface area (Å²) >= 11 is 1.45. The molecule has 1 saturated carbocycles. The van der Waals surface area contributed by atoms with E-state index < -0.39 is 0 Å². The van der Waals surface area contributed by atoms with Crippen LogP contribution in [-0.2, 0) is 11.3 Å². The zero-order valence-electron chi connectivity index (χ0n) is 8.91. The number of amides is 1. The summed E-state index contributed by atoms with van der Waals surface area (Å²) < 4.78 is 1.37. The number of hydrogen-bond acceptors (Lipinski definition) is 6. The van der Waals surface area contributed by atoms with Gasteiger partial charge in [0.2, 0.25) is 5.91 Å². The Bertz CT molecular complexity index is 517. The SMILES string of the molecule is O=C(Cn1cnnn1)Nc1nc(C2CC2)cs1. The molecule has 7 nitrogen and oxygen atoms in total. The monoisotopic (exact) mass is 250 g/mol. The van der Waals surface area contributed by atoms with Gasteiger partial charge in [-0.25, -0.2) is 9.67 Å². The summed E-state index contributed by atoms with van der Waals surface area (Å²) in [6.07, 6.45) is 3.82. The van der Waals surface area contributed by atoms with Crippen LogP contribution in [0.3, 0.4) is 0 Å². The summed E-state index contributed by atoms with van der Waals surface area (Å²) in [7, 11) is 0. The van der Waals surface area contributed by atoms with Crippen molar-refractivity contribution in [1.82, 2.24) is 25.2 Å². The average Bonchev–Trinajstić information content (AvgIpc) is 2.84. The van der Waals surface area contributed by atoms with Gasteiger partial charge in [-0.3, -0.25) is 4.79 Å². The highest BCUT2D eigenvalue weighted by Gasteiger charge is 2.26. The molecular formula is C9H10N6OS. The van der Waals surface area contributed by atoms with Crippen molar-refractivity contribution >= 4 is 22.4 Å². The van der Waals surface area contributed by atoms with Crippen LogP contribution < -0.4 is 5.32 Å². The van der Waals surface area contributed by atoms with Crippen molar-refractivity contribution < 1.29 is 4.79 Å². The van der Waals surface area contributed by atoms with E-state index in [1.54, 1.807) is 0 Å². The van der Waals surface area contributed by atoms with Crippen LogP contribution in [0.1, 0.15) is 24.5 Å². The molecule has 1 amide bonds. The first-order valence-electron chi connectivity index (χ1n) is 5.27. The highest BCUT2D eigenvalue weighted by atomic mass is 32.1. The number of carbonyl (C=O) groups is 1. The van der Waals surface area contributed by atoms with E-state index in [2.05, 4.69) is 25.8 Å². The predicted molar refractivity (Wildman–Crippen MR) is 60.5 cm³/mol. The van der Waals surface area contributed by atoms with Crippen LogP contribution in [0.5, 0.6) is 0 Å². The fourth-order valence-corrected chi connectivity index (χ4v) is 2.28. The summed E-state index contributed by atoms with van der Waals surface area (Å²) in [4.78, 5) is 16.0. The maximum absolute atomic E-state index is 11.6. The number of rotatable bonds is 4. The highest BCUT2D eigenvalue weighted by molar-refractivity contribution is 7.13. The van der Waals surface area contributed by atoms with Crippen LogP contribution in [0.4, 0.5) is 5.13 Å². The molecule has 2 aromatic heterocycles. The van der Waals surface area contributed by atoms with Crippen molar-refractivity contribution in [3.63, 3.8) is 0 Å². The predicted octanol–water partition coefficient (Wildman–Crippen LogP) is 0.646. The van der Waals surface area contributed by atoms with E-state index in [9.17, 15) is 4.79 Å². The Morgan fingerprint density at radius 2 is 2.47 bits per heavy atom. The zero-order valence-corrected chi connectivity index (χ0v) is 9.72. The van der Waals surface area contributed by atoms with E-state index in [4.69, 9.17) is 0 Å². The fourth-order valence-electron chi connectivity index (χ4n) is 1.47. The third-order valence-corrected chi connectivity index (χ3v) is 3.24. The van der Waals surface area contributed by atoms with Gasteiger partial charge in [0.1, 0.15) is 12.9 Å². The molecule has 8 heteroatoms. The molecule has 1 N–H and O–H groups in total. The summed E-state index contributed by atoms with van der Waals surface area (Å²) in [6, 6.07) is 0. The highest BCUT2D eigenvalue weighted by Crippen LogP contribution is 2.40. The standard InChI is InChI=1S/C9H10N6OS/c16-8(3-15-5-10-13-14-15)12-9-11-7(4-17-9)6-1-2-6/h4-6H,1-3H2,(H,11,12,16). The lowest BCUT2D eigenvalue weighted by atomic mass is 10.3. The van der Waals surface area contributed by atoms with Crippen LogP contribution in [0.25, 0.3) is 0 Å². The molecule has 2 heterocycles. The van der Waals surface area contributed by atoms with E-state index >= 15 is 0 Å². The Hall–Kier alpha value is -1.83. The molecule has 17 heavy (non-hydrogen) atoms. The quantitative estimate of drug-likeness (QED) is 0.860. The molecule has 0 unspecified atom stereocenters. The van der Waals surface area contributed by atoms with Crippen molar-refractivity contribution in [1.29, 1.82) is 0 Å². The minimum atomic E-state index is -0.172. The smallest absolute Gasteiger partial charge is 0.248 e. The normalized spacial score (nSPS) is 14.8. The number of carbonyl (C=O) groups excluding carboxylic acids is 1. The van der Waals surface area contributed by atoms with E-state index in [-0.39, 0.29) is 12.5 Å². The second-order valence-corrected chi connectivity index (χ2v) is 4.77. The average molecular weight is 250 g/mol. The summed E-state index contributed by atoms with van der Waals surface area (Å²) in [5.74, 6) is 0.436. The molecular weight excluding hydrogens is 240 g/mol. The van der Waals surface area contributed by atoms with Crippen LogP contribution >= 0.6 is 11.3 Å². The summed E-state index contributed by atoms with van der Waals surface area (Å²) in [6.45, 7) is 0.103. The molecule has 0 atom stereocenters. The molecule has 2 aromatic rings. The van der Waals surface area contributed by atoms with Crippen molar-refractivity contribution in [2.24, 2.45) is 0 Å². The molecule has 1 aliphatic rings. The van der Waals surface area contributed by atoms with Gasteiger partial charge in [-0.2, -0.15) is 0 Å². The van der Waals surface area contributed by atoms with Gasteiger partial charge < -0.3 is 5.32 Å². The van der Waals surface area contributed by atoms with Gasteiger partial charge in [0.25, 0.3) is 0 Å². The first-order chi connectivity index (χ1) is 8.31. The van der Waals surface area contributed by atoms with Gasteiger partial charge in [0.15, 0.2) is 5.13 Å². The fraction of sp³-hybridized carbons (Fsp3) is 0.444. The van der Waals surface area contributed by atoms with Crippen LogP contribution in [0.15, 0.2) is 11.7 Å². The molecule has 0 spiro atoms. The first-order valence-corrected chi connectivity index (χ1v) is 6.15. The summed E-state index contributed by atoms with van der Waals surface area (Å²) in [5.41, 5.74) is 1.09. The van der Waals surface area contributed by atoms with Crippen molar-refractivity contribution in [3.8, 4) is 0 Å². The lowest BCUT2D eigenvalue weighted by Crippen LogP contribution is -2.19. The lowest BCUT2D eigenvalue weighted by molar-refractivity contribution is -0.116. The van der Waals surface area contributed by atoms with Gasteiger partial charge in [-0.15, -0.1) is 16.4 Å². The molecule has 0 bridgehead atoms.